The van der Waals surface area contributed by atoms with Crippen LogP contribution in [0.1, 0.15) is 25.3 Å². The highest BCUT2D eigenvalue weighted by atomic mass is 16.5. The van der Waals surface area contributed by atoms with E-state index in [1.165, 1.54) is 0 Å². The number of nitrogens with one attached hydrogen (secondary N) is 1. The molecule has 0 spiro atoms. The molecule has 1 saturated carbocycles. The highest BCUT2D eigenvalue weighted by Crippen LogP contribution is 2.39. The van der Waals surface area contributed by atoms with Gasteiger partial charge in [0.25, 0.3) is 0 Å². The summed E-state index contributed by atoms with van der Waals surface area (Å²) in [6.07, 6.45) is 5.98. The molecule has 1 aromatic carbocycles. The van der Waals surface area contributed by atoms with Gasteiger partial charge < -0.3 is 15.2 Å². The molecule has 1 amide bonds. The van der Waals surface area contributed by atoms with Gasteiger partial charge in [0.15, 0.2) is 0 Å². The van der Waals surface area contributed by atoms with E-state index >= 15 is 0 Å². The van der Waals surface area contributed by atoms with Crippen molar-refractivity contribution in [3.63, 3.8) is 0 Å². The van der Waals surface area contributed by atoms with E-state index < -0.39 is 5.54 Å². The van der Waals surface area contributed by atoms with E-state index in [-0.39, 0.29) is 19.1 Å². The van der Waals surface area contributed by atoms with Crippen LogP contribution in [0.5, 0.6) is 0 Å². The van der Waals surface area contributed by atoms with Crippen LogP contribution in [0.15, 0.2) is 36.4 Å². The number of hydrogen-bond acceptors (Lipinski definition) is 3. The average Bonchev–Trinajstić information content (AvgIpc) is 3.33. The van der Waals surface area contributed by atoms with Crippen molar-refractivity contribution < 1.29 is 14.6 Å². The van der Waals surface area contributed by atoms with Crippen LogP contribution in [-0.2, 0) is 9.53 Å². The quantitative estimate of drug-likeness (QED) is 0.720. The molecule has 0 heterocycles. The lowest BCUT2D eigenvalue weighted by molar-refractivity contribution is -0.128. The number of ether oxygens (including phenoxy) is 1. The number of carbonyl (C=O) groups excluding carboxylic acids is 1. The van der Waals surface area contributed by atoms with Crippen LogP contribution in [-0.4, -0.2) is 36.4 Å². The zero-order valence-electron chi connectivity index (χ0n) is 12.4. The van der Waals surface area contributed by atoms with Crippen LogP contribution in [0.4, 0.5) is 0 Å². The van der Waals surface area contributed by atoms with Gasteiger partial charge >= 0.3 is 0 Å². The van der Waals surface area contributed by atoms with Crippen molar-refractivity contribution in [2.45, 2.75) is 25.3 Å². The molecule has 2 rings (SSSR count). The number of benzene rings is 1. The summed E-state index contributed by atoms with van der Waals surface area (Å²) in [5.74, 6) is 0.219. The van der Waals surface area contributed by atoms with Crippen LogP contribution in [0.3, 0.4) is 0 Å². The first-order chi connectivity index (χ1) is 10.1. The Morgan fingerprint density at radius 1 is 1.43 bits per heavy atom. The van der Waals surface area contributed by atoms with Crippen molar-refractivity contribution in [1.82, 2.24) is 5.32 Å². The summed E-state index contributed by atoms with van der Waals surface area (Å²) in [6.45, 7) is 2.26. The molecule has 0 bridgehead atoms. The zero-order chi connectivity index (χ0) is 15.1. The Morgan fingerprint density at radius 2 is 2.14 bits per heavy atom. The highest BCUT2D eigenvalue weighted by molar-refractivity contribution is 5.78. The SMILES string of the molecule is CC(CO)(NC(=O)COC/C=C/c1ccccc1)C1CC1. The normalized spacial score (nSPS) is 17.6. The van der Waals surface area contributed by atoms with Crippen molar-refractivity contribution >= 4 is 12.0 Å². The van der Waals surface area contributed by atoms with E-state index in [1.54, 1.807) is 0 Å². The van der Waals surface area contributed by atoms with Gasteiger partial charge in [-0.05, 0) is 31.2 Å². The zero-order valence-corrected chi connectivity index (χ0v) is 12.4. The Kier molecular flexibility index (Phi) is 5.53. The smallest absolute Gasteiger partial charge is 0.246 e. The van der Waals surface area contributed by atoms with E-state index in [2.05, 4.69) is 5.32 Å². The van der Waals surface area contributed by atoms with Gasteiger partial charge in [0.2, 0.25) is 5.91 Å². The monoisotopic (exact) mass is 289 g/mol. The van der Waals surface area contributed by atoms with Crippen molar-refractivity contribution in [2.75, 3.05) is 19.8 Å². The third kappa shape index (κ3) is 4.99. The Morgan fingerprint density at radius 3 is 2.76 bits per heavy atom. The summed E-state index contributed by atoms with van der Waals surface area (Å²) in [6, 6.07) is 9.93. The van der Waals surface area contributed by atoms with E-state index in [1.807, 2.05) is 49.4 Å². The molecule has 21 heavy (non-hydrogen) atoms. The summed E-state index contributed by atoms with van der Waals surface area (Å²) in [4.78, 5) is 11.8. The molecule has 1 aliphatic carbocycles. The molecule has 1 unspecified atom stereocenters. The van der Waals surface area contributed by atoms with Gasteiger partial charge in [-0.15, -0.1) is 0 Å². The van der Waals surface area contributed by atoms with Crippen molar-refractivity contribution in [1.29, 1.82) is 0 Å². The van der Waals surface area contributed by atoms with Crippen LogP contribution >= 0.6 is 0 Å². The lowest BCUT2D eigenvalue weighted by Gasteiger charge is -2.28. The van der Waals surface area contributed by atoms with Crippen molar-refractivity contribution in [3.05, 3.63) is 42.0 Å². The second-order valence-corrected chi connectivity index (χ2v) is 5.73. The van der Waals surface area contributed by atoms with E-state index in [0.29, 0.717) is 12.5 Å². The topological polar surface area (TPSA) is 58.6 Å². The Bertz CT molecular complexity index is 482. The molecule has 1 aliphatic rings. The molecule has 1 fully saturated rings. The number of carbonyl (C=O) groups is 1. The minimum Gasteiger partial charge on any atom is -0.394 e. The minimum atomic E-state index is -0.500. The first kappa shape index (κ1) is 15.7. The molecule has 1 aromatic rings. The summed E-state index contributed by atoms with van der Waals surface area (Å²) in [5, 5.41) is 12.3. The fourth-order valence-corrected chi connectivity index (χ4v) is 2.31. The molecule has 0 aliphatic heterocycles. The largest absolute Gasteiger partial charge is 0.394 e. The molecular weight excluding hydrogens is 266 g/mol. The van der Waals surface area contributed by atoms with Crippen LogP contribution in [0.2, 0.25) is 0 Å². The second kappa shape index (κ2) is 7.38. The lowest BCUT2D eigenvalue weighted by Crippen LogP contribution is -2.51. The van der Waals surface area contributed by atoms with Crippen LogP contribution < -0.4 is 5.32 Å². The Hall–Kier alpha value is -1.65. The predicted octanol–water partition coefficient (Wildman–Crippen LogP) is 1.99. The lowest BCUT2D eigenvalue weighted by atomic mass is 9.97. The fraction of sp³-hybridized carbons (Fsp3) is 0.471. The number of aliphatic hydroxyl groups excluding tert-OH is 1. The van der Waals surface area contributed by atoms with Gasteiger partial charge in [0, 0.05) is 0 Å². The van der Waals surface area contributed by atoms with Crippen molar-refractivity contribution in [3.8, 4) is 0 Å². The third-order valence-electron chi connectivity index (χ3n) is 3.79. The molecule has 114 valence electrons. The van der Waals surface area contributed by atoms with Gasteiger partial charge in [-0.2, -0.15) is 0 Å². The molecule has 0 aromatic heterocycles. The minimum absolute atomic E-state index is 0.0153. The summed E-state index contributed by atoms with van der Waals surface area (Å²) in [7, 11) is 0. The maximum absolute atomic E-state index is 11.8. The van der Waals surface area contributed by atoms with E-state index in [4.69, 9.17) is 4.74 Å². The second-order valence-electron chi connectivity index (χ2n) is 5.73. The molecule has 4 heteroatoms. The fourth-order valence-electron chi connectivity index (χ4n) is 2.31. The molecular formula is C17H23NO3. The van der Waals surface area contributed by atoms with Crippen molar-refractivity contribution in [2.24, 2.45) is 5.92 Å². The standard InChI is InChI=1S/C17H23NO3/c1-17(13-19,15-9-10-15)18-16(20)12-21-11-5-8-14-6-3-2-4-7-14/h2-8,15,19H,9-13H2,1H3,(H,18,20)/b8-5+. The van der Waals surface area contributed by atoms with Gasteiger partial charge in [-0.3, -0.25) is 4.79 Å². The maximum Gasteiger partial charge on any atom is 0.246 e. The molecule has 0 radical (unpaired) electrons. The van der Waals surface area contributed by atoms with Gasteiger partial charge in [0.05, 0.1) is 18.8 Å². The number of hydrogen-bond donors (Lipinski definition) is 2. The molecule has 2 N–H and O–H groups in total. The van der Waals surface area contributed by atoms with E-state index in [0.717, 1.165) is 18.4 Å². The summed E-state index contributed by atoms with van der Waals surface area (Å²) in [5.41, 5.74) is 0.604. The predicted molar refractivity (Wildman–Crippen MR) is 82.7 cm³/mol. The molecule has 0 saturated heterocycles. The summed E-state index contributed by atoms with van der Waals surface area (Å²) < 4.78 is 5.33. The van der Waals surface area contributed by atoms with Gasteiger partial charge in [0.1, 0.15) is 6.61 Å². The number of amides is 1. The third-order valence-corrected chi connectivity index (χ3v) is 3.79. The van der Waals surface area contributed by atoms with E-state index in [9.17, 15) is 9.90 Å². The number of aliphatic hydroxyl groups is 1. The number of rotatable bonds is 8. The average molecular weight is 289 g/mol. The highest BCUT2D eigenvalue weighted by Gasteiger charge is 2.42. The van der Waals surface area contributed by atoms with Gasteiger partial charge in [-0.1, -0.05) is 42.5 Å². The van der Waals surface area contributed by atoms with Crippen LogP contribution in [0.25, 0.3) is 6.08 Å². The Labute approximate surface area is 125 Å². The first-order valence-corrected chi connectivity index (χ1v) is 7.35. The molecule has 1 atom stereocenters. The Balaban J connectivity index is 1.66. The van der Waals surface area contributed by atoms with Gasteiger partial charge in [-0.25, -0.2) is 0 Å². The maximum atomic E-state index is 11.8. The first-order valence-electron chi connectivity index (χ1n) is 7.35. The van der Waals surface area contributed by atoms with Crippen LogP contribution in [0, 0.1) is 5.92 Å². The molecule has 4 nitrogen and oxygen atoms in total. The summed E-state index contributed by atoms with van der Waals surface area (Å²) >= 11 is 0.